The molecule has 0 fully saturated rings. The van der Waals surface area contributed by atoms with Gasteiger partial charge in [0.2, 0.25) is 0 Å². The quantitative estimate of drug-likeness (QED) is 0.322. The fourth-order valence-corrected chi connectivity index (χ4v) is 0.429. The second-order valence-corrected chi connectivity index (χ2v) is 2.03. The second-order valence-electron chi connectivity index (χ2n) is 2.03. The Morgan fingerprint density at radius 2 is 1.82 bits per heavy atom. The molecule has 0 rings (SSSR count). The molecule has 0 aliphatic heterocycles. The molecule has 0 saturated heterocycles. The van der Waals surface area contributed by atoms with E-state index in [1.54, 1.807) is 0 Å². The Morgan fingerprint density at radius 1 is 1.36 bits per heavy atom. The molecule has 0 radical (unpaired) electrons. The summed E-state index contributed by atoms with van der Waals surface area (Å²) in [6.07, 6.45) is 0.0656. The molecule has 0 aromatic heterocycles. The van der Waals surface area contributed by atoms with Crippen LogP contribution in [0.4, 0.5) is 0 Å². The van der Waals surface area contributed by atoms with E-state index in [1.807, 2.05) is 0 Å². The SMILES string of the molecule is C=C(CCC(=O)[O-])C(C)=O.[Na+]. The first-order valence-corrected chi connectivity index (χ1v) is 2.92. The van der Waals surface area contributed by atoms with Crippen LogP contribution in [0.5, 0.6) is 0 Å². The minimum atomic E-state index is -1.15. The van der Waals surface area contributed by atoms with Crippen LogP contribution in [-0.4, -0.2) is 11.8 Å². The zero-order chi connectivity index (χ0) is 8.15. The van der Waals surface area contributed by atoms with Crippen molar-refractivity contribution in [2.24, 2.45) is 0 Å². The van der Waals surface area contributed by atoms with Gasteiger partial charge < -0.3 is 9.90 Å². The fourth-order valence-electron chi connectivity index (χ4n) is 0.429. The summed E-state index contributed by atoms with van der Waals surface area (Å²) in [5.41, 5.74) is 0.337. The van der Waals surface area contributed by atoms with Crippen molar-refractivity contribution in [3.63, 3.8) is 0 Å². The number of aliphatic carboxylic acids is 1. The molecule has 0 spiro atoms. The van der Waals surface area contributed by atoms with E-state index in [2.05, 4.69) is 6.58 Å². The number of allylic oxidation sites excluding steroid dienone is 1. The molecule has 0 amide bonds. The van der Waals surface area contributed by atoms with Gasteiger partial charge in [-0.05, 0) is 25.3 Å². The molecule has 0 N–H and O–H groups in total. The van der Waals surface area contributed by atoms with Crippen molar-refractivity contribution in [1.29, 1.82) is 0 Å². The molecule has 0 bridgehead atoms. The zero-order valence-electron chi connectivity index (χ0n) is 6.85. The largest absolute Gasteiger partial charge is 1.00 e. The van der Waals surface area contributed by atoms with Crippen molar-refractivity contribution < 1.29 is 44.3 Å². The number of carbonyl (C=O) groups is 2. The summed E-state index contributed by atoms with van der Waals surface area (Å²) in [6.45, 7) is 4.74. The van der Waals surface area contributed by atoms with Gasteiger partial charge in [0.05, 0.1) is 0 Å². The molecule has 11 heavy (non-hydrogen) atoms. The van der Waals surface area contributed by atoms with Crippen LogP contribution in [0.15, 0.2) is 12.2 Å². The van der Waals surface area contributed by atoms with E-state index in [0.29, 0.717) is 5.57 Å². The maximum atomic E-state index is 10.4. The first-order chi connectivity index (χ1) is 4.54. The summed E-state index contributed by atoms with van der Waals surface area (Å²) < 4.78 is 0. The van der Waals surface area contributed by atoms with Crippen molar-refractivity contribution in [1.82, 2.24) is 0 Å². The molecule has 0 saturated carbocycles. The summed E-state index contributed by atoms with van der Waals surface area (Å²) >= 11 is 0. The number of carboxylic acids is 1. The predicted molar refractivity (Wildman–Crippen MR) is 34.1 cm³/mol. The Kier molecular flexibility index (Phi) is 8.06. The van der Waals surface area contributed by atoms with Gasteiger partial charge in [0.1, 0.15) is 0 Å². The summed E-state index contributed by atoms with van der Waals surface area (Å²) in [4.78, 5) is 20.3. The third-order valence-corrected chi connectivity index (χ3v) is 1.13. The van der Waals surface area contributed by atoms with E-state index >= 15 is 0 Å². The van der Waals surface area contributed by atoms with Crippen LogP contribution in [0.2, 0.25) is 0 Å². The minimum absolute atomic E-state index is 0. The van der Waals surface area contributed by atoms with Crippen LogP contribution >= 0.6 is 0 Å². The average Bonchev–Trinajstić information content (AvgIpc) is 1.82. The number of hydrogen-bond acceptors (Lipinski definition) is 3. The smallest absolute Gasteiger partial charge is 0.550 e. The van der Waals surface area contributed by atoms with Crippen molar-refractivity contribution in [2.75, 3.05) is 0 Å². The van der Waals surface area contributed by atoms with E-state index in [-0.39, 0.29) is 48.2 Å². The summed E-state index contributed by atoms with van der Waals surface area (Å²) in [6, 6.07) is 0. The van der Waals surface area contributed by atoms with Crippen LogP contribution in [0.1, 0.15) is 19.8 Å². The van der Waals surface area contributed by atoms with Crippen molar-refractivity contribution in [3.8, 4) is 0 Å². The Hall–Kier alpha value is -0.120. The van der Waals surface area contributed by atoms with Gasteiger partial charge in [-0.2, -0.15) is 0 Å². The first-order valence-electron chi connectivity index (χ1n) is 2.92. The van der Waals surface area contributed by atoms with Crippen molar-refractivity contribution in [3.05, 3.63) is 12.2 Å². The van der Waals surface area contributed by atoms with Crippen LogP contribution in [0.25, 0.3) is 0 Å². The van der Waals surface area contributed by atoms with Crippen LogP contribution in [0.3, 0.4) is 0 Å². The van der Waals surface area contributed by atoms with E-state index in [0.717, 1.165) is 0 Å². The number of carbonyl (C=O) groups excluding carboxylic acids is 2. The molecular formula is C7H9NaO3. The molecule has 0 aliphatic rings. The van der Waals surface area contributed by atoms with Crippen LogP contribution in [-0.2, 0) is 9.59 Å². The normalized spacial score (nSPS) is 8.09. The fraction of sp³-hybridized carbons (Fsp3) is 0.429. The maximum absolute atomic E-state index is 10.4. The van der Waals surface area contributed by atoms with Gasteiger partial charge >= 0.3 is 29.6 Å². The van der Waals surface area contributed by atoms with E-state index in [4.69, 9.17) is 0 Å². The molecule has 0 atom stereocenters. The number of hydrogen-bond donors (Lipinski definition) is 0. The molecule has 3 nitrogen and oxygen atoms in total. The number of carboxylic acid groups (broad SMARTS) is 1. The van der Waals surface area contributed by atoms with E-state index in [9.17, 15) is 14.7 Å². The van der Waals surface area contributed by atoms with Crippen molar-refractivity contribution in [2.45, 2.75) is 19.8 Å². The van der Waals surface area contributed by atoms with Gasteiger partial charge in [0.15, 0.2) is 5.78 Å². The van der Waals surface area contributed by atoms with E-state index < -0.39 is 5.97 Å². The Balaban J connectivity index is 0. The average molecular weight is 164 g/mol. The van der Waals surface area contributed by atoms with Gasteiger partial charge in [-0.3, -0.25) is 4.79 Å². The molecule has 0 heterocycles. The monoisotopic (exact) mass is 164 g/mol. The number of Topliss-reactive ketones (excluding diaryl/α,β-unsaturated/α-hetero) is 1. The molecule has 0 aliphatic carbocycles. The summed E-state index contributed by atoms with van der Waals surface area (Å²) in [5.74, 6) is -1.32. The Labute approximate surface area is 87.8 Å². The molecular weight excluding hydrogens is 155 g/mol. The van der Waals surface area contributed by atoms with Crippen molar-refractivity contribution >= 4 is 11.8 Å². The third kappa shape index (κ3) is 7.78. The third-order valence-electron chi connectivity index (χ3n) is 1.13. The van der Waals surface area contributed by atoms with Crippen LogP contribution in [0, 0.1) is 0 Å². The van der Waals surface area contributed by atoms with Crippen LogP contribution < -0.4 is 34.7 Å². The minimum Gasteiger partial charge on any atom is -0.550 e. The first kappa shape index (κ1) is 13.5. The van der Waals surface area contributed by atoms with Gasteiger partial charge in [-0.1, -0.05) is 6.58 Å². The van der Waals surface area contributed by atoms with Gasteiger partial charge in [0, 0.05) is 5.97 Å². The molecule has 0 aromatic rings. The maximum Gasteiger partial charge on any atom is 1.00 e. The predicted octanol–water partition coefficient (Wildman–Crippen LogP) is -3.33. The van der Waals surface area contributed by atoms with Gasteiger partial charge in [0.25, 0.3) is 0 Å². The topological polar surface area (TPSA) is 57.2 Å². The standard InChI is InChI=1S/C7H10O3.Na/c1-5(6(2)8)3-4-7(9)10;/h1,3-4H2,2H3,(H,9,10);/q;+1/p-1. The Bertz CT molecular complexity index is 175. The van der Waals surface area contributed by atoms with Gasteiger partial charge in [-0.15, -0.1) is 0 Å². The van der Waals surface area contributed by atoms with E-state index in [1.165, 1.54) is 6.92 Å². The summed E-state index contributed by atoms with van der Waals surface area (Å²) in [7, 11) is 0. The van der Waals surface area contributed by atoms with Gasteiger partial charge in [-0.25, -0.2) is 0 Å². The molecule has 0 aromatic carbocycles. The molecule has 4 heteroatoms. The Morgan fingerprint density at radius 3 is 2.09 bits per heavy atom. The summed E-state index contributed by atoms with van der Waals surface area (Å²) in [5, 5.41) is 9.86. The molecule has 0 unspecified atom stereocenters. The number of rotatable bonds is 4. The zero-order valence-corrected chi connectivity index (χ0v) is 8.85. The molecule has 56 valence electrons. The number of ketones is 1. The second kappa shape index (κ2) is 6.58.